The Hall–Kier alpha value is -2.04. The van der Waals surface area contributed by atoms with Crippen LogP contribution in [0.1, 0.15) is 25.0 Å². The minimum Gasteiger partial charge on any atom is -0.484 e. The first kappa shape index (κ1) is 16.0. The van der Waals surface area contributed by atoms with Crippen molar-refractivity contribution in [2.75, 3.05) is 6.61 Å². The molecule has 0 saturated heterocycles. The van der Waals surface area contributed by atoms with Gasteiger partial charge in [-0.2, -0.15) is 0 Å². The maximum atomic E-state index is 11.7. The van der Waals surface area contributed by atoms with E-state index in [1.807, 2.05) is 32.0 Å². The molecule has 0 heterocycles. The van der Waals surface area contributed by atoms with Gasteiger partial charge in [0.1, 0.15) is 11.8 Å². The van der Waals surface area contributed by atoms with Crippen molar-refractivity contribution < 1.29 is 19.4 Å². The van der Waals surface area contributed by atoms with Gasteiger partial charge >= 0.3 is 5.97 Å². The van der Waals surface area contributed by atoms with Gasteiger partial charge < -0.3 is 15.2 Å². The molecule has 0 spiro atoms. The van der Waals surface area contributed by atoms with Gasteiger partial charge in [-0.3, -0.25) is 4.79 Å². The van der Waals surface area contributed by atoms with Crippen LogP contribution < -0.4 is 10.1 Å². The lowest BCUT2D eigenvalue weighted by Crippen LogP contribution is -2.46. The SMILES string of the molecule is Cc1cc(C)cc(OCC(=O)N[C@H](C(=O)O)C(C)C)c1. The van der Waals surface area contributed by atoms with Gasteiger partial charge in [0, 0.05) is 0 Å². The standard InChI is InChI=1S/C15H21NO4/c1-9(2)14(15(18)19)16-13(17)8-20-12-6-10(3)5-11(4)7-12/h5-7,9,14H,8H2,1-4H3,(H,16,17)(H,18,19)/t14-/m0/s1. The fourth-order valence-corrected chi connectivity index (χ4v) is 1.89. The molecule has 0 bridgehead atoms. The van der Waals surface area contributed by atoms with Crippen LogP contribution in [-0.4, -0.2) is 29.6 Å². The van der Waals surface area contributed by atoms with Crippen LogP contribution >= 0.6 is 0 Å². The monoisotopic (exact) mass is 279 g/mol. The second kappa shape index (κ2) is 6.93. The normalized spacial score (nSPS) is 12.1. The molecule has 1 rings (SSSR count). The van der Waals surface area contributed by atoms with Crippen molar-refractivity contribution in [3.8, 4) is 5.75 Å². The third-order valence-corrected chi connectivity index (χ3v) is 2.81. The van der Waals surface area contributed by atoms with Crippen LogP contribution in [0.15, 0.2) is 18.2 Å². The highest BCUT2D eigenvalue weighted by Gasteiger charge is 2.23. The van der Waals surface area contributed by atoms with Crippen LogP contribution in [0.4, 0.5) is 0 Å². The van der Waals surface area contributed by atoms with Crippen molar-refractivity contribution in [1.82, 2.24) is 5.32 Å². The van der Waals surface area contributed by atoms with E-state index < -0.39 is 17.9 Å². The number of nitrogens with one attached hydrogen (secondary N) is 1. The molecule has 20 heavy (non-hydrogen) atoms. The van der Waals surface area contributed by atoms with E-state index in [0.717, 1.165) is 11.1 Å². The predicted octanol–water partition coefficient (Wildman–Crippen LogP) is 1.91. The Bertz CT molecular complexity index is 476. The molecular formula is C15H21NO4. The summed E-state index contributed by atoms with van der Waals surface area (Å²) in [5.74, 6) is -1.06. The van der Waals surface area contributed by atoms with Crippen molar-refractivity contribution in [2.24, 2.45) is 5.92 Å². The Morgan fingerprint density at radius 1 is 1.20 bits per heavy atom. The van der Waals surface area contributed by atoms with Crippen molar-refractivity contribution in [1.29, 1.82) is 0 Å². The van der Waals surface area contributed by atoms with E-state index in [4.69, 9.17) is 9.84 Å². The number of ether oxygens (including phenoxy) is 1. The lowest BCUT2D eigenvalue weighted by molar-refractivity contribution is -0.143. The van der Waals surface area contributed by atoms with Crippen LogP contribution in [0.5, 0.6) is 5.75 Å². The van der Waals surface area contributed by atoms with Gasteiger partial charge in [0.2, 0.25) is 0 Å². The van der Waals surface area contributed by atoms with E-state index in [0.29, 0.717) is 5.75 Å². The van der Waals surface area contributed by atoms with Crippen LogP contribution in [0, 0.1) is 19.8 Å². The van der Waals surface area contributed by atoms with Gasteiger partial charge in [0.25, 0.3) is 5.91 Å². The molecule has 2 N–H and O–H groups in total. The fourth-order valence-electron chi connectivity index (χ4n) is 1.89. The lowest BCUT2D eigenvalue weighted by Gasteiger charge is -2.18. The summed E-state index contributed by atoms with van der Waals surface area (Å²) < 4.78 is 5.38. The third-order valence-electron chi connectivity index (χ3n) is 2.81. The maximum absolute atomic E-state index is 11.7. The molecule has 0 aliphatic carbocycles. The number of benzene rings is 1. The summed E-state index contributed by atoms with van der Waals surface area (Å²) >= 11 is 0. The number of hydrogen-bond donors (Lipinski definition) is 2. The highest BCUT2D eigenvalue weighted by molar-refractivity contribution is 5.84. The van der Waals surface area contributed by atoms with Gasteiger partial charge in [-0.05, 0) is 43.0 Å². The van der Waals surface area contributed by atoms with Crippen molar-refractivity contribution in [2.45, 2.75) is 33.7 Å². The average Bonchev–Trinajstić information content (AvgIpc) is 2.31. The molecule has 5 nitrogen and oxygen atoms in total. The summed E-state index contributed by atoms with van der Waals surface area (Å²) in [4.78, 5) is 22.7. The van der Waals surface area contributed by atoms with E-state index in [1.54, 1.807) is 13.8 Å². The summed E-state index contributed by atoms with van der Waals surface area (Å²) in [5.41, 5.74) is 2.09. The van der Waals surface area contributed by atoms with Gasteiger partial charge in [-0.1, -0.05) is 19.9 Å². The van der Waals surface area contributed by atoms with Gasteiger partial charge in [-0.25, -0.2) is 4.79 Å². The summed E-state index contributed by atoms with van der Waals surface area (Å²) in [5, 5.41) is 11.4. The summed E-state index contributed by atoms with van der Waals surface area (Å²) in [6.45, 7) is 7.17. The molecule has 0 unspecified atom stereocenters. The Balaban J connectivity index is 2.56. The van der Waals surface area contributed by atoms with Crippen molar-refractivity contribution >= 4 is 11.9 Å². The minimum atomic E-state index is -1.04. The third kappa shape index (κ3) is 4.91. The highest BCUT2D eigenvalue weighted by Crippen LogP contribution is 2.16. The molecular weight excluding hydrogens is 258 g/mol. The molecule has 1 amide bonds. The lowest BCUT2D eigenvalue weighted by atomic mass is 10.1. The Kier molecular flexibility index (Phi) is 5.55. The van der Waals surface area contributed by atoms with E-state index in [2.05, 4.69) is 5.32 Å². The van der Waals surface area contributed by atoms with Crippen LogP contribution in [0.2, 0.25) is 0 Å². The second-order valence-electron chi connectivity index (χ2n) is 5.24. The van der Waals surface area contributed by atoms with E-state index in [1.165, 1.54) is 0 Å². The molecule has 0 aliphatic heterocycles. The van der Waals surface area contributed by atoms with Crippen LogP contribution in [0.3, 0.4) is 0 Å². The molecule has 1 aromatic carbocycles. The zero-order valence-electron chi connectivity index (χ0n) is 12.3. The largest absolute Gasteiger partial charge is 0.484 e. The molecule has 0 radical (unpaired) electrons. The zero-order valence-corrected chi connectivity index (χ0v) is 12.3. The number of carbonyl (C=O) groups excluding carboxylic acids is 1. The second-order valence-corrected chi connectivity index (χ2v) is 5.24. The Morgan fingerprint density at radius 2 is 1.75 bits per heavy atom. The Morgan fingerprint density at radius 3 is 2.20 bits per heavy atom. The van der Waals surface area contributed by atoms with Gasteiger partial charge in [0.15, 0.2) is 6.61 Å². The van der Waals surface area contributed by atoms with E-state index >= 15 is 0 Å². The number of carbonyl (C=O) groups is 2. The number of hydrogen-bond acceptors (Lipinski definition) is 3. The average molecular weight is 279 g/mol. The van der Waals surface area contributed by atoms with Crippen LogP contribution in [0.25, 0.3) is 0 Å². The number of aryl methyl sites for hydroxylation is 2. The Labute approximate surface area is 118 Å². The summed E-state index contributed by atoms with van der Waals surface area (Å²) in [6, 6.07) is 4.77. The molecule has 110 valence electrons. The van der Waals surface area contributed by atoms with Crippen molar-refractivity contribution in [3.63, 3.8) is 0 Å². The molecule has 0 aromatic heterocycles. The number of aliphatic carboxylic acids is 1. The van der Waals surface area contributed by atoms with E-state index in [-0.39, 0.29) is 12.5 Å². The fraction of sp³-hybridized carbons (Fsp3) is 0.467. The summed E-state index contributed by atoms with van der Waals surface area (Å²) in [6.07, 6.45) is 0. The molecule has 0 saturated carbocycles. The van der Waals surface area contributed by atoms with E-state index in [9.17, 15) is 9.59 Å². The predicted molar refractivity (Wildman–Crippen MR) is 75.8 cm³/mol. The molecule has 5 heteroatoms. The summed E-state index contributed by atoms with van der Waals surface area (Å²) in [7, 11) is 0. The molecule has 1 atom stereocenters. The molecule has 0 aliphatic rings. The number of carboxylic acid groups (broad SMARTS) is 1. The first-order valence-corrected chi connectivity index (χ1v) is 6.53. The van der Waals surface area contributed by atoms with Crippen molar-refractivity contribution in [3.05, 3.63) is 29.3 Å². The number of rotatable bonds is 6. The molecule has 0 fully saturated rings. The van der Waals surface area contributed by atoms with Crippen LogP contribution in [-0.2, 0) is 9.59 Å². The molecule has 1 aromatic rings. The smallest absolute Gasteiger partial charge is 0.326 e. The highest BCUT2D eigenvalue weighted by atomic mass is 16.5. The first-order valence-electron chi connectivity index (χ1n) is 6.53. The zero-order chi connectivity index (χ0) is 15.3. The maximum Gasteiger partial charge on any atom is 0.326 e. The first-order chi connectivity index (χ1) is 9.29. The number of carboxylic acids is 1. The topological polar surface area (TPSA) is 75.6 Å². The van der Waals surface area contributed by atoms with Gasteiger partial charge in [0.05, 0.1) is 0 Å². The quantitative estimate of drug-likeness (QED) is 0.834. The minimum absolute atomic E-state index is 0.183. The number of amides is 1. The van der Waals surface area contributed by atoms with Gasteiger partial charge in [-0.15, -0.1) is 0 Å².